The highest BCUT2D eigenvalue weighted by atomic mass is 16.4. The van der Waals surface area contributed by atoms with Gasteiger partial charge >= 0.3 is 17.9 Å². The van der Waals surface area contributed by atoms with Crippen LogP contribution >= 0.6 is 0 Å². The molecule has 0 aromatic heterocycles. The number of aliphatic hydroxyl groups is 1. The third kappa shape index (κ3) is 27.6. The van der Waals surface area contributed by atoms with E-state index in [-0.39, 0.29) is 62.4 Å². The van der Waals surface area contributed by atoms with E-state index >= 15 is 0 Å². The fourth-order valence-corrected chi connectivity index (χ4v) is 7.27. The Labute approximate surface area is 435 Å². The van der Waals surface area contributed by atoms with Gasteiger partial charge in [0.2, 0.25) is 53.2 Å². The number of nitrogens with two attached hydrogens (primary N) is 4. The van der Waals surface area contributed by atoms with Gasteiger partial charge < -0.3 is 75.1 Å². The Morgan fingerprint density at radius 1 is 0.467 bits per heavy atom. The number of carbonyl (C=O) groups excluding carboxylic acids is 10. The van der Waals surface area contributed by atoms with E-state index in [2.05, 4.69) is 53.3 Å². The largest absolute Gasteiger partial charge is 0.481 e. The van der Waals surface area contributed by atoms with Gasteiger partial charge in [0.15, 0.2) is 6.04 Å². The number of hydrogen-bond acceptors (Lipinski definition) is 13. The van der Waals surface area contributed by atoms with E-state index < -0.39 is 163 Å². The van der Waals surface area contributed by atoms with E-state index in [0.717, 1.165) is 6.92 Å². The second-order valence-corrected chi connectivity index (χ2v) is 20.0. The minimum Gasteiger partial charge on any atom is -0.481 e. The molecule has 0 aromatic rings. The summed E-state index contributed by atoms with van der Waals surface area (Å²) in [5.74, 6) is -14.0. The van der Waals surface area contributed by atoms with Crippen LogP contribution in [0.3, 0.4) is 0 Å². The predicted octanol–water partition coefficient (Wildman–Crippen LogP) is -7.52. The van der Waals surface area contributed by atoms with E-state index in [1.807, 2.05) is 0 Å². The fraction of sp³-hybridized carbons (Fsp3) is 0.717. The van der Waals surface area contributed by atoms with Crippen molar-refractivity contribution in [3.63, 3.8) is 0 Å². The maximum absolute atomic E-state index is 14.1. The number of aliphatic carboxylic acids is 2. The molecule has 29 nitrogen and oxygen atoms in total. The standard InChI is InChI=1S/C46H82N14O15/c1-20(2)15-28(55-37(66)25(47)18-32(48)62)41(70)57-29(16-21(3)4)40(69)53-27(12-13-34(64)65)39(68)60-36(24(9)61)44(73)54-26(11-10-14-52-46(50)51)38(67)56-30(17-22(5)6)42(71)58-31(19-33(49)63)43(72)59-35(23(7)8)45(74)75/h20-31,35-36,61H,10-19,47H2,1-9H3,(H2,48,62)(H2,49,63)(H,53,69)(H,54,73)(H,55,66)(H,56,67)(H,57,70)(H,58,71)(H,59,72)(H,60,68)(H,64,65)(H,74,75)(H4,50,51,52)/p+2/t24-,25+,26+,27+,28+,29+,30+,31+,35+,36+/m1/s1. The minimum atomic E-state index is -1.88. The van der Waals surface area contributed by atoms with Crippen molar-refractivity contribution in [2.24, 2.45) is 46.6 Å². The van der Waals surface area contributed by atoms with Crippen LogP contribution in [-0.4, -0.2) is 159 Å². The maximum Gasteiger partial charge on any atom is 0.338 e. The van der Waals surface area contributed by atoms with Crippen LogP contribution in [0.4, 0.5) is 0 Å². The summed E-state index contributed by atoms with van der Waals surface area (Å²) in [4.78, 5) is 159. The third-order valence-corrected chi connectivity index (χ3v) is 11.1. The molecule has 10 atom stereocenters. The van der Waals surface area contributed by atoms with Crippen LogP contribution in [0.5, 0.6) is 0 Å². The third-order valence-electron chi connectivity index (χ3n) is 11.1. The summed E-state index contributed by atoms with van der Waals surface area (Å²) >= 11 is 0. The van der Waals surface area contributed by atoms with Crippen molar-refractivity contribution in [1.82, 2.24) is 42.5 Å². The molecular formula is C46H84N14O15+2. The number of guanidine groups is 1. The number of carbonyl (C=O) groups is 12. The number of amides is 10. The van der Waals surface area contributed by atoms with E-state index in [0.29, 0.717) is 0 Å². The lowest BCUT2D eigenvalue weighted by molar-refractivity contribution is -0.459. The van der Waals surface area contributed by atoms with Gasteiger partial charge in [-0.05, 0) is 69.1 Å². The molecule has 0 aliphatic heterocycles. The summed E-state index contributed by atoms with van der Waals surface area (Å²) in [7, 11) is 0. The first-order chi connectivity index (χ1) is 34.7. The van der Waals surface area contributed by atoms with Crippen molar-refractivity contribution < 1.29 is 83.6 Å². The van der Waals surface area contributed by atoms with Gasteiger partial charge in [-0.1, -0.05) is 55.4 Å². The number of carboxylic acids is 2. The van der Waals surface area contributed by atoms with Gasteiger partial charge in [0.05, 0.1) is 25.5 Å². The second kappa shape index (κ2) is 33.6. The highest BCUT2D eigenvalue weighted by Crippen LogP contribution is 2.13. The van der Waals surface area contributed by atoms with Crippen LogP contribution in [0.15, 0.2) is 0 Å². The van der Waals surface area contributed by atoms with Crippen LogP contribution in [0, 0.1) is 23.7 Å². The SMILES string of the molecule is CC(C)C[C@H](NC(=O)[C@H](CCC[NH+]=C(N)N)NC(=O)[C@@H](NC(=O)[C@H](CCC(=O)O)NC(=O)[C@H](CC(C)C)NC(=O)[C@H](CC(C)C)NC(=O)[C@@H]([NH3+])CC(N)=O)[C@@H](C)O)C(=O)N[C@@H](CC(N)=O)C(=O)N[C@H](C(=O)O)C(C)C. The van der Waals surface area contributed by atoms with Gasteiger partial charge in [0.25, 0.3) is 5.91 Å². The maximum atomic E-state index is 14.1. The van der Waals surface area contributed by atoms with E-state index in [4.69, 9.17) is 22.9 Å². The lowest BCUT2D eigenvalue weighted by atomic mass is 9.99. The molecule has 0 radical (unpaired) electrons. The molecule has 0 saturated carbocycles. The van der Waals surface area contributed by atoms with Crippen LogP contribution in [0.1, 0.15) is 120 Å². The normalized spacial score (nSPS) is 15.2. The van der Waals surface area contributed by atoms with Gasteiger partial charge in [0.1, 0.15) is 48.3 Å². The summed E-state index contributed by atoms with van der Waals surface area (Å²) in [6.45, 7) is 14.6. The first kappa shape index (κ1) is 67.8. The molecule has 0 aliphatic carbocycles. The number of primary amides is 2. The summed E-state index contributed by atoms with van der Waals surface area (Å²) in [5.41, 5.74) is 25.2. The molecule has 0 aromatic carbocycles. The number of rotatable bonds is 36. The van der Waals surface area contributed by atoms with Crippen LogP contribution < -0.4 is 76.2 Å². The first-order valence-corrected chi connectivity index (χ1v) is 24.7. The van der Waals surface area contributed by atoms with Crippen molar-refractivity contribution in [2.75, 3.05) is 6.54 Å². The first-order valence-electron chi connectivity index (χ1n) is 24.7. The number of hydrogen-bond donors (Lipinski definition) is 17. The highest BCUT2D eigenvalue weighted by molar-refractivity contribution is 5.99. The molecule has 0 spiro atoms. The Morgan fingerprint density at radius 2 is 0.827 bits per heavy atom. The molecule has 0 saturated heterocycles. The lowest BCUT2D eigenvalue weighted by Gasteiger charge is -2.29. The molecule has 10 amide bonds. The Kier molecular flexibility index (Phi) is 30.4. The monoisotopic (exact) mass is 1070 g/mol. The van der Waals surface area contributed by atoms with Crippen molar-refractivity contribution in [3.8, 4) is 0 Å². The summed E-state index contributed by atoms with van der Waals surface area (Å²) in [5, 5.41) is 49.4. The Bertz CT molecular complexity index is 2030. The lowest BCUT2D eigenvalue weighted by Crippen LogP contribution is -2.78. The number of carboxylic acid groups (broad SMARTS) is 2. The molecule has 426 valence electrons. The van der Waals surface area contributed by atoms with Gasteiger partial charge in [-0.2, -0.15) is 0 Å². The number of aliphatic hydroxyl groups excluding tert-OH is 1. The highest BCUT2D eigenvalue weighted by Gasteiger charge is 2.37. The quantitative estimate of drug-likeness (QED) is 0.0157. The van der Waals surface area contributed by atoms with E-state index in [9.17, 15) is 72.9 Å². The zero-order valence-corrected chi connectivity index (χ0v) is 44.4. The Hall–Kier alpha value is -7.17. The van der Waals surface area contributed by atoms with Crippen LogP contribution in [-0.2, 0) is 57.5 Å². The summed E-state index contributed by atoms with van der Waals surface area (Å²) in [6.07, 6.45) is -4.23. The van der Waals surface area contributed by atoms with Crippen molar-refractivity contribution in [3.05, 3.63) is 0 Å². The zero-order valence-electron chi connectivity index (χ0n) is 44.4. The van der Waals surface area contributed by atoms with Crippen LogP contribution in [0.2, 0.25) is 0 Å². The molecule has 75 heavy (non-hydrogen) atoms. The molecule has 0 bridgehead atoms. The van der Waals surface area contributed by atoms with Crippen molar-refractivity contribution >= 4 is 77.0 Å². The number of quaternary nitrogens is 1. The van der Waals surface area contributed by atoms with Gasteiger partial charge in [0, 0.05) is 6.42 Å². The minimum absolute atomic E-state index is 0.0190. The number of nitrogens with one attached hydrogen (secondary N) is 9. The van der Waals surface area contributed by atoms with E-state index in [1.165, 1.54) is 13.8 Å². The topological polar surface area (TPSA) is 507 Å². The molecule has 23 N–H and O–H groups in total. The second-order valence-electron chi connectivity index (χ2n) is 20.0. The molecule has 0 fully saturated rings. The fourth-order valence-electron chi connectivity index (χ4n) is 7.27. The zero-order chi connectivity index (χ0) is 58.0. The van der Waals surface area contributed by atoms with Gasteiger partial charge in [-0.15, -0.1) is 0 Å². The molecule has 0 unspecified atom stereocenters. The molecule has 0 rings (SSSR count). The average Bonchev–Trinajstić information content (AvgIpc) is 3.26. The summed E-state index contributed by atoms with van der Waals surface area (Å²) < 4.78 is 0. The molecular weight excluding hydrogens is 989 g/mol. The molecule has 29 heteroatoms. The van der Waals surface area contributed by atoms with Crippen molar-refractivity contribution in [1.29, 1.82) is 0 Å². The average molecular weight is 1070 g/mol. The van der Waals surface area contributed by atoms with Gasteiger partial charge in [-0.25, -0.2) is 4.79 Å². The Morgan fingerprint density at radius 3 is 1.21 bits per heavy atom. The Balaban J connectivity index is 6.87. The summed E-state index contributed by atoms with van der Waals surface area (Å²) in [6, 6.07) is -13.4. The van der Waals surface area contributed by atoms with Gasteiger partial charge in [-0.3, -0.25) is 69.2 Å². The molecule has 0 aliphatic rings. The van der Waals surface area contributed by atoms with Crippen LogP contribution in [0.25, 0.3) is 0 Å². The molecule has 0 heterocycles. The van der Waals surface area contributed by atoms with Crippen molar-refractivity contribution in [2.45, 2.75) is 181 Å². The smallest absolute Gasteiger partial charge is 0.338 e. The van der Waals surface area contributed by atoms with E-state index in [1.54, 1.807) is 41.5 Å². The predicted molar refractivity (Wildman–Crippen MR) is 268 cm³/mol.